The van der Waals surface area contributed by atoms with Gasteiger partial charge in [-0.2, -0.15) is 5.10 Å². The van der Waals surface area contributed by atoms with Crippen LogP contribution in [0.4, 0.5) is 0 Å². The summed E-state index contributed by atoms with van der Waals surface area (Å²) in [5.74, 6) is 0.939. The Hall–Kier alpha value is -2.59. The van der Waals surface area contributed by atoms with E-state index in [9.17, 15) is 0 Å². The molecule has 0 fully saturated rings. The number of rotatable bonds is 2. The number of benzene rings is 3. The zero-order valence-corrected chi connectivity index (χ0v) is 16.6. The summed E-state index contributed by atoms with van der Waals surface area (Å²) in [7, 11) is 0. The number of fused-ring (bicyclic) bond motifs is 3. The van der Waals surface area contributed by atoms with Crippen LogP contribution in [0.1, 0.15) is 40.9 Å². The maximum atomic E-state index is 6.41. The Morgan fingerprint density at radius 3 is 2.56 bits per heavy atom. The molecule has 3 nitrogen and oxygen atoms in total. The molecule has 0 N–H and O–H groups in total. The fourth-order valence-corrected chi connectivity index (χ4v) is 4.19. The first-order valence-corrected chi connectivity index (χ1v) is 9.92. The van der Waals surface area contributed by atoms with Crippen LogP contribution in [0.3, 0.4) is 0 Å². The van der Waals surface area contributed by atoms with Crippen molar-refractivity contribution in [3.05, 3.63) is 99.5 Å². The van der Waals surface area contributed by atoms with Crippen LogP contribution in [0.15, 0.2) is 82.4 Å². The van der Waals surface area contributed by atoms with Crippen LogP contribution >= 0.6 is 15.9 Å². The summed E-state index contributed by atoms with van der Waals surface area (Å²) in [6.07, 6.45) is 0.657. The van der Waals surface area contributed by atoms with Gasteiger partial charge in [0.2, 0.25) is 6.23 Å². The van der Waals surface area contributed by atoms with E-state index in [0.29, 0.717) is 0 Å². The third-order valence-corrected chi connectivity index (χ3v) is 5.71. The standard InChI is InChI=1S/C23H19BrN2O/c1-15-7-9-17(10-8-15)23-26-21(19-13-18(24)11-12-22(19)27-23)14-20(25-26)16-5-3-2-4-6-16/h2-13,21,23H,14H2,1H3/t21-,23-/m1/s1. The van der Waals surface area contributed by atoms with Gasteiger partial charge >= 0.3 is 0 Å². The minimum Gasteiger partial charge on any atom is -0.464 e. The molecular formula is C23H19BrN2O. The summed E-state index contributed by atoms with van der Waals surface area (Å²) >= 11 is 3.60. The maximum Gasteiger partial charge on any atom is 0.213 e. The number of ether oxygens (including phenoxy) is 1. The molecule has 5 rings (SSSR count). The molecule has 4 heteroatoms. The number of nitrogens with zero attached hydrogens (tertiary/aromatic N) is 2. The second kappa shape index (κ2) is 6.54. The van der Waals surface area contributed by atoms with E-state index in [1.807, 2.05) is 12.1 Å². The third-order valence-electron chi connectivity index (χ3n) is 5.22. The molecule has 0 unspecified atom stereocenters. The van der Waals surface area contributed by atoms with E-state index in [4.69, 9.17) is 9.84 Å². The molecule has 2 aliphatic rings. The monoisotopic (exact) mass is 418 g/mol. The summed E-state index contributed by atoms with van der Waals surface area (Å²) < 4.78 is 7.47. The molecule has 0 saturated carbocycles. The molecule has 27 heavy (non-hydrogen) atoms. The van der Waals surface area contributed by atoms with Gasteiger partial charge in [0.25, 0.3) is 0 Å². The topological polar surface area (TPSA) is 24.8 Å². The van der Waals surface area contributed by atoms with E-state index in [1.54, 1.807) is 0 Å². The van der Waals surface area contributed by atoms with E-state index in [2.05, 4.69) is 88.5 Å². The van der Waals surface area contributed by atoms with Gasteiger partial charge in [-0.05, 0) is 30.7 Å². The van der Waals surface area contributed by atoms with E-state index < -0.39 is 0 Å². The average molecular weight is 419 g/mol. The first kappa shape index (κ1) is 16.6. The molecule has 3 aromatic carbocycles. The lowest BCUT2D eigenvalue weighted by Gasteiger charge is -2.38. The highest BCUT2D eigenvalue weighted by atomic mass is 79.9. The summed E-state index contributed by atoms with van der Waals surface area (Å²) in [5, 5.41) is 7.13. The molecule has 0 radical (unpaired) electrons. The zero-order valence-electron chi connectivity index (χ0n) is 15.0. The summed E-state index contributed by atoms with van der Waals surface area (Å²) in [5.41, 5.74) is 5.82. The summed E-state index contributed by atoms with van der Waals surface area (Å²) in [4.78, 5) is 0. The molecule has 3 aromatic rings. The molecule has 2 heterocycles. The lowest BCUT2D eigenvalue weighted by molar-refractivity contribution is -0.0190. The van der Waals surface area contributed by atoms with Crippen LogP contribution in [-0.2, 0) is 0 Å². The van der Waals surface area contributed by atoms with Crippen LogP contribution in [0.5, 0.6) is 5.75 Å². The smallest absolute Gasteiger partial charge is 0.213 e. The van der Waals surface area contributed by atoms with Crippen LogP contribution < -0.4 is 4.74 Å². The summed E-state index contributed by atoms with van der Waals surface area (Å²) in [6.45, 7) is 2.10. The Balaban J connectivity index is 1.61. The van der Waals surface area contributed by atoms with Gasteiger partial charge in [-0.25, -0.2) is 5.01 Å². The minimum absolute atomic E-state index is 0.174. The van der Waals surface area contributed by atoms with Gasteiger partial charge in [-0.1, -0.05) is 76.1 Å². The van der Waals surface area contributed by atoms with Gasteiger partial charge in [0.1, 0.15) is 5.75 Å². The second-order valence-electron chi connectivity index (χ2n) is 7.08. The SMILES string of the molecule is Cc1ccc([C@H]2Oc3ccc(Br)cc3[C@H]3CC(c4ccccc4)=NN32)cc1. The number of halogens is 1. The summed E-state index contributed by atoms with van der Waals surface area (Å²) in [6, 6.07) is 25.4. The zero-order chi connectivity index (χ0) is 18.4. The second-order valence-corrected chi connectivity index (χ2v) is 7.99. The number of hydrazone groups is 1. The molecule has 2 aliphatic heterocycles. The fraction of sp³-hybridized carbons (Fsp3) is 0.174. The van der Waals surface area contributed by atoms with Crippen molar-refractivity contribution in [2.24, 2.45) is 5.10 Å². The Labute approximate surface area is 167 Å². The van der Waals surface area contributed by atoms with Crippen molar-refractivity contribution in [2.45, 2.75) is 25.6 Å². The largest absolute Gasteiger partial charge is 0.464 e. The van der Waals surface area contributed by atoms with Crippen LogP contribution in [-0.4, -0.2) is 10.7 Å². The van der Waals surface area contributed by atoms with E-state index in [1.165, 1.54) is 16.7 Å². The van der Waals surface area contributed by atoms with Crippen molar-refractivity contribution in [3.63, 3.8) is 0 Å². The molecule has 0 aliphatic carbocycles. The highest BCUT2D eigenvalue weighted by Crippen LogP contribution is 2.48. The first-order chi connectivity index (χ1) is 13.2. The molecule has 0 bridgehead atoms. The lowest BCUT2D eigenvalue weighted by atomic mass is 9.96. The maximum absolute atomic E-state index is 6.41. The Kier molecular flexibility index (Phi) is 4.01. The molecule has 134 valence electrons. The molecule has 2 atom stereocenters. The van der Waals surface area contributed by atoms with E-state index in [-0.39, 0.29) is 12.3 Å². The highest BCUT2D eigenvalue weighted by Gasteiger charge is 2.40. The highest BCUT2D eigenvalue weighted by molar-refractivity contribution is 9.10. The van der Waals surface area contributed by atoms with Crippen molar-refractivity contribution in [1.82, 2.24) is 5.01 Å². The predicted molar refractivity (Wildman–Crippen MR) is 111 cm³/mol. The Morgan fingerprint density at radius 1 is 1.00 bits per heavy atom. The normalized spacial score (nSPS) is 20.5. The van der Waals surface area contributed by atoms with Gasteiger partial charge in [0.15, 0.2) is 0 Å². The van der Waals surface area contributed by atoms with Crippen molar-refractivity contribution in [3.8, 4) is 5.75 Å². The van der Waals surface area contributed by atoms with Gasteiger partial charge < -0.3 is 4.74 Å². The molecule has 0 saturated heterocycles. The van der Waals surface area contributed by atoms with E-state index in [0.717, 1.165) is 27.9 Å². The van der Waals surface area contributed by atoms with Crippen LogP contribution in [0.25, 0.3) is 0 Å². The Bertz CT molecular complexity index is 1010. The number of hydrogen-bond acceptors (Lipinski definition) is 3. The molecule has 0 spiro atoms. The quantitative estimate of drug-likeness (QED) is 0.509. The van der Waals surface area contributed by atoms with Crippen molar-refractivity contribution in [2.75, 3.05) is 0 Å². The average Bonchev–Trinajstić information content (AvgIpc) is 3.15. The van der Waals surface area contributed by atoms with Gasteiger partial charge in [0.05, 0.1) is 11.8 Å². The predicted octanol–water partition coefficient (Wildman–Crippen LogP) is 6.00. The van der Waals surface area contributed by atoms with Gasteiger partial charge in [-0.15, -0.1) is 0 Å². The third kappa shape index (κ3) is 2.94. The van der Waals surface area contributed by atoms with E-state index >= 15 is 0 Å². The fourth-order valence-electron chi connectivity index (χ4n) is 3.81. The van der Waals surface area contributed by atoms with Crippen LogP contribution in [0, 0.1) is 6.92 Å². The van der Waals surface area contributed by atoms with Crippen molar-refractivity contribution >= 4 is 21.6 Å². The molecule has 0 aromatic heterocycles. The first-order valence-electron chi connectivity index (χ1n) is 9.13. The van der Waals surface area contributed by atoms with Crippen molar-refractivity contribution < 1.29 is 4.74 Å². The van der Waals surface area contributed by atoms with Gasteiger partial charge in [0, 0.05) is 22.0 Å². The van der Waals surface area contributed by atoms with Gasteiger partial charge in [-0.3, -0.25) is 0 Å². The Morgan fingerprint density at radius 2 is 1.78 bits per heavy atom. The van der Waals surface area contributed by atoms with Crippen LogP contribution in [0.2, 0.25) is 0 Å². The number of aryl methyl sites for hydroxylation is 1. The van der Waals surface area contributed by atoms with Crippen molar-refractivity contribution in [1.29, 1.82) is 0 Å². The minimum atomic E-state index is -0.217. The molecular weight excluding hydrogens is 400 g/mol. The number of hydrogen-bond donors (Lipinski definition) is 0. The lowest BCUT2D eigenvalue weighted by Crippen LogP contribution is -2.33. The molecule has 0 amide bonds.